The molecule has 0 bridgehead atoms. The van der Waals surface area contributed by atoms with Crippen molar-refractivity contribution in [3.8, 4) is 6.07 Å². The highest BCUT2D eigenvalue weighted by Crippen LogP contribution is 2.15. The zero-order valence-corrected chi connectivity index (χ0v) is 11.7. The third kappa shape index (κ3) is 3.43. The lowest BCUT2D eigenvalue weighted by Crippen LogP contribution is -2.18. The summed E-state index contributed by atoms with van der Waals surface area (Å²) in [4.78, 5) is 0. The first-order valence-electron chi connectivity index (χ1n) is 6.58. The second kappa shape index (κ2) is 6.31. The van der Waals surface area contributed by atoms with Gasteiger partial charge in [-0.25, -0.2) is 4.39 Å². The van der Waals surface area contributed by atoms with Gasteiger partial charge in [0.15, 0.2) is 0 Å². The predicted molar refractivity (Wildman–Crippen MR) is 77.5 cm³/mol. The van der Waals surface area contributed by atoms with Crippen LogP contribution in [0.15, 0.2) is 42.5 Å². The van der Waals surface area contributed by atoms with Gasteiger partial charge in [-0.05, 0) is 37.1 Å². The summed E-state index contributed by atoms with van der Waals surface area (Å²) in [6.45, 7) is 4.74. The van der Waals surface area contributed by atoms with Crippen molar-refractivity contribution >= 4 is 0 Å². The van der Waals surface area contributed by atoms with Crippen LogP contribution in [0.25, 0.3) is 0 Å². The molecule has 0 fully saturated rings. The molecule has 0 aliphatic carbocycles. The molecular weight excluding hydrogens is 251 g/mol. The summed E-state index contributed by atoms with van der Waals surface area (Å²) in [6.07, 6.45) is 0. The van der Waals surface area contributed by atoms with Crippen molar-refractivity contribution in [2.75, 3.05) is 0 Å². The molecule has 2 nitrogen and oxygen atoms in total. The first-order valence-corrected chi connectivity index (χ1v) is 6.58. The fraction of sp³-hybridized carbons (Fsp3) is 0.235. The SMILES string of the molecule is Cc1ccc([C@H](C)NCc2ccc(F)c(C#N)c2)cc1. The summed E-state index contributed by atoms with van der Waals surface area (Å²) in [7, 11) is 0. The molecule has 0 radical (unpaired) electrons. The molecule has 0 spiro atoms. The summed E-state index contributed by atoms with van der Waals surface area (Å²) in [5.74, 6) is -0.470. The molecule has 0 unspecified atom stereocenters. The number of hydrogen-bond acceptors (Lipinski definition) is 2. The van der Waals surface area contributed by atoms with Gasteiger partial charge in [-0.2, -0.15) is 5.26 Å². The number of rotatable bonds is 4. The van der Waals surface area contributed by atoms with E-state index in [-0.39, 0.29) is 11.6 Å². The lowest BCUT2D eigenvalue weighted by molar-refractivity contribution is 0.572. The quantitative estimate of drug-likeness (QED) is 0.914. The lowest BCUT2D eigenvalue weighted by atomic mass is 10.1. The largest absolute Gasteiger partial charge is 0.306 e. The van der Waals surface area contributed by atoms with Gasteiger partial charge in [0, 0.05) is 12.6 Å². The first-order chi connectivity index (χ1) is 9.60. The second-order valence-corrected chi connectivity index (χ2v) is 4.94. The molecule has 0 aliphatic rings. The molecule has 0 saturated carbocycles. The van der Waals surface area contributed by atoms with Crippen LogP contribution in [0.1, 0.15) is 35.2 Å². The van der Waals surface area contributed by atoms with E-state index in [0.29, 0.717) is 6.54 Å². The molecule has 102 valence electrons. The minimum Gasteiger partial charge on any atom is -0.306 e. The molecule has 3 heteroatoms. The van der Waals surface area contributed by atoms with E-state index in [4.69, 9.17) is 5.26 Å². The van der Waals surface area contributed by atoms with Gasteiger partial charge < -0.3 is 5.32 Å². The molecule has 2 aromatic carbocycles. The van der Waals surface area contributed by atoms with Crippen LogP contribution in [0.3, 0.4) is 0 Å². The Labute approximate surface area is 118 Å². The van der Waals surface area contributed by atoms with Crippen LogP contribution < -0.4 is 5.32 Å². The van der Waals surface area contributed by atoms with E-state index in [9.17, 15) is 4.39 Å². The maximum absolute atomic E-state index is 13.2. The Balaban J connectivity index is 2.01. The van der Waals surface area contributed by atoms with E-state index in [1.54, 1.807) is 12.1 Å². The normalized spacial score (nSPS) is 11.9. The Kier molecular flexibility index (Phi) is 4.49. The van der Waals surface area contributed by atoms with Crippen LogP contribution in [0.2, 0.25) is 0 Å². The second-order valence-electron chi connectivity index (χ2n) is 4.94. The van der Waals surface area contributed by atoms with Crippen LogP contribution in [-0.4, -0.2) is 0 Å². The van der Waals surface area contributed by atoms with E-state index in [2.05, 4.69) is 43.4 Å². The molecule has 20 heavy (non-hydrogen) atoms. The van der Waals surface area contributed by atoms with Crippen LogP contribution in [-0.2, 0) is 6.54 Å². The molecule has 2 rings (SSSR count). The average molecular weight is 268 g/mol. The molecule has 1 atom stereocenters. The van der Waals surface area contributed by atoms with Gasteiger partial charge in [0.1, 0.15) is 11.9 Å². The third-order valence-electron chi connectivity index (χ3n) is 3.34. The van der Waals surface area contributed by atoms with Gasteiger partial charge in [0.05, 0.1) is 5.56 Å². The molecular formula is C17H17FN2. The van der Waals surface area contributed by atoms with Crippen LogP contribution in [0, 0.1) is 24.1 Å². The zero-order valence-electron chi connectivity index (χ0n) is 11.7. The molecule has 0 amide bonds. The zero-order chi connectivity index (χ0) is 14.5. The number of hydrogen-bond donors (Lipinski definition) is 1. The van der Waals surface area contributed by atoms with Crippen LogP contribution >= 0.6 is 0 Å². The van der Waals surface area contributed by atoms with Gasteiger partial charge in [0.2, 0.25) is 0 Å². The number of nitrogens with zero attached hydrogens (tertiary/aromatic N) is 1. The van der Waals surface area contributed by atoms with Crippen molar-refractivity contribution in [3.05, 3.63) is 70.5 Å². The Hall–Kier alpha value is -2.18. The summed E-state index contributed by atoms with van der Waals surface area (Å²) < 4.78 is 13.2. The Morgan fingerprint density at radius 3 is 2.55 bits per heavy atom. The van der Waals surface area contributed by atoms with Crippen LogP contribution in [0.4, 0.5) is 4.39 Å². The molecule has 0 heterocycles. The standard InChI is InChI=1S/C17H17FN2/c1-12-3-6-15(7-4-12)13(2)20-11-14-5-8-17(18)16(9-14)10-19/h3-9,13,20H,11H2,1-2H3/t13-/m0/s1. The molecule has 0 aromatic heterocycles. The lowest BCUT2D eigenvalue weighted by Gasteiger charge is -2.14. The maximum Gasteiger partial charge on any atom is 0.140 e. The summed E-state index contributed by atoms with van der Waals surface area (Å²) in [5, 5.41) is 12.2. The Morgan fingerprint density at radius 1 is 1.20 bits per heavy atom. The highest BCUT2D eigenvalue weighted by atomic mass is 19.1. The number of halogens is 1. The smallest absolute Gasteiger partial charge is 0.140 e. The fourth-order valence-electron chi connectivity index (χ4n) is 2.01. The van der Waals surface area contributed by atoms with Crippen molar-refractivity contribution < 1.29 is 4.39 Å². The van der Waals surface area contributed by atoms with E-state index >= 15 is 0 Å². The predicted octanol–water partition coefficient (Wildman–Crippen LogP) is 3.86. The van der Waals surface area contributed by atoms with Crippen LogP contribution in [0.5, 0.6) is 0 Å². The Morgan fingerprint density at radius 2 is 1.90 bits per heavy atom. The van der Waals surface area contributed by atoms with E-state index in [1.165, 1.54) is 17.2 Å². The number of aryl methyl sites for hydroxylation is 1. The summed E-state index contributed by atoms with van der Waals surface area (Å²) in [6, 6.07) is 15.0. The average Bonchev–Trinajstić information content (AvgIpc) is 2.46. The van der Waals surface area contributed by atoms with Gasteiger partial charge in [-0.15, -0.1) is 0 Å². The molecule has 1 N–H and O–H groups in total. The van der Waals surface area contributed by atoms with Crippen molar-refractivity contribution in [3.63, 3.8) is 0 Å². The maximum atomic E-state index is 13.2. The highest BCUT2D eigenvalue weighted by molar-refractivity contribution is 5.34. The number of benzene rings is 2. The first kappa shape index (κ1) is 14.2. The van der Waals surface area contributed by atoms with E-state index in [0.717, 1.165) is 5.56 Å². The molecule has 0 saturated heterocycles. The summed E-state index contributed by atoms with van der Waals surface area (Å²) in [5.41, 5.74) is 3.44. The van der Waals surface area contributed by atoms with Crippen molar-refractivity contribution in [1.29, 1.82) is 5.26 Å². The molecule has 0 aliphatic heterocycles. The number of nitrogens with one attached hydrogen (secondary N) is 1. The summed E-state index contributed by atoms with van der Waals surface area (Å²) >= 11 is 0. The monoisotopic (exact) mass is 268 g/mol. The van der Waals surface area contributed by atoms with Crippen molar-refractivity contribution in [1.82, 2.24) is 5.32 Å². The highest BCUT2D eigenvalue weighted by Gasteiger charge is 2.06. The van der Waals surface area contributed by atoms with Gasteiger partial charge in [0.25, 0.3) is 0 Å². The fourth-order valence-corrected chi connectivity index (χ4v) is 2.01. The van der Waals surface area contributed by atoms with Gasteiger partial charge in [-0.3, -0.25) is 0 Å². The van der Waals surface area contributed by atoms with Gasteiger partial charge >= 0.3 is 0 Å². The van der Waals surface area contributed by atoms with E-state index in [1.807, 2.05) is 6.07 Å². The Bertz CT molecular complexity index is 626. The van der Waals surface area contributed by atoms with E-state index < -0.39 is 5.82 Å². The topological polar surface area (TPSA) is 35.8 Å². The van der Waals surface area contributed by atoms with Crippen molar-refractivity contribution in [2.24, 2.45) is 0 Å². The minimum atomic E-state index is -0.470. The van der Waals surface area contributed by atoms with Gasteiger partial charge in [-0.1, -0.05) is 35.9 Å². The van der Waals surface area contributed by atoms with Crippen molar-refractivity contribution in [2.45, 2.75) is 26.4 Å². The number of nitriles is 1. The minimum absolute atomic E-state index is 0.0901. The molecule has 2 aromatic rings. The third-order valence-corrected chi connectivity index (χ3v) is 3.34.